The van der Waals surface area contributed by atoms with Gasteiger partial charge in [0.25, 0.3) is 0 Å². The Hall–Kier alpha value is -2.34. The van der Waals surface area contributed by atoms with Crippen LogP contribution in [-0.4, -0.2) is 53.1 Å². The van der Waals surface area contributed by atoms with Gasteiger partial charge in [-0.25, -0.2) is 9.48 Å². The first kappa shape index (κ1) is 17.5. The molecule has 1 aliphatic rings. The number of aromatic nitrogens is 2. The molecule has 0 radical (unpaired) electrons. The summed E-state index contributed by atoms with van der Waals surface area (Å²) in [5.74, 6) is 0. The molecule has 6 heteroatoms. The van der Waals surface area contributed by atoms with E-state index in [0.717, 1.165) is 50.3 Å². The van der Waals surface area contributed by atoms with Gasteiger partial charge in [-0.3, -0.25) is 0 Å². The van der Waals surface area contributed by atoms with E-state index in [4.69, 9.17) is 4.74 Å². The van der Waals surface area contributed by atoms with Crippen molar-refractivity contribution in [1.82, 2.24) is 20.0 Å². The molecule has 2 amide bonds. The molecule has 1 saturated heterocycles. The highest BCUT2D eigenvalue weighted by molar-refractivity contribution is 5.74. The smallest absolute Gasteiger partial charge is 0.317 e. The van der Waals surface area contributed by atoms with Gasteiger partial charge in [0, 0.05) is 38.9 Å². The van der Waals surface area contributed by atoms with Crippen molar-refractivity contribution in [3.8, 4) is 5.69 Å². The Morgan fingerprint density at radius 2 is 2.00 bits per heavy atom. The predicted octanol–water partition coefficient (Wildman–Crippen LogP) is 2.63. The second kappa shape index (κ2) is 8.67. The number of amides is 2. The van der Waals surface area contributed by atoms with E-state index in [9.17, 15) is 4.79 Å². The highest BCUT2D eigenvalue weighted by atomic mass is 16.5. The summed E-state index contributed by atoms with van der Waals surface area (Å²) in [4.78, 5) is 14.1. The average Bonchev–Trinajstić information content (AvgIpc) is 3.12. The minimum absolute atomic E-state index is 0.0115. The van der Waals surface area contributed by atoms with Crippen molar-refractivity contribution in [2.75, 3.05) is 26.2 Å². The van der Waals surface area contributed by atoms with E-state index < -0.39 is 0 Å². The molecule has 0 bridgehead atoms. The predicted molar refractivity (Wildman–Crippen MR) is 96.9 cm³/mol. The van der Waals surface area contributed by atoms with Crippen molar-refractivity contribution >= 4 is 6.03 Å². The topological polar surface area (TPSA) is 59.4 Å². The minimum Gasteiger partial charge on any atom is -0.378 e. The molecule has 0 unspecified atom stereocenters. The van der Waals surface area contributed by atoms with Gasteiger partial charge < -0.3 is 15.0 Å². The van der Waals surface area contributed by atoms with Crippen LogP contribution in [0.1, 0.15) is 25.5 Å². The van der Waals surface area contributed by atoms with Crippen LogP contribution < -0.4 is 5.32 Å². The number of rotatable bonds is 6. The van der Waals surface area contributed by atoms with Gasteiger partial charge >= 0.3 is 6.03 Å². The Bertz CT molecular complexity index is 663. The molecule has 1 aromatic heterocycles. The van der Waals surface area contributed by atoms with Gasteiger partial charge in [-0.05, 0) is 38.0 Å². The van der Waals surface area contributed by atoms with Gasteiger partial charge in [0.2, 0.25) is 0 Å². The summed E-state index contributed by atoms with van der Waals surface area (Å²) in [6.07, 6.45) is 4.81. The lowest BCUT2D eigenvalue weighted by molar-refractivity contribution is 0.0220. The molecule has 2 aromatic rings. The molecule has 134 valence electrons. The third kappa shape index (κ3) is 4.82. The van der Waals surface area contributed by atoms with Crippen LogP contribution in [0.5, 0.6) is 0 Å². The van der Waals surface area contributed by atoms with Crippen LogP contribution in [0.25, 0.3) is 5.69 Å². The molecular formula is C19H26N4O2. The summed E-state index contributed by atoms with van der Waals surface area (Å²) in [6.45, 7) is 4.87. The van der Waals surface area contributed by atoms with Crippen molar-refractivity contribution in [2.45, 2.75) is 32.3 Å². The molecule has 25 heavy (non-hydrogen) atoms. The first-order valence-electron chi connectivity index (χ1n) is 9.00. The van der Waals surface area contributed by atoms with Crippen molar-refractivity contribution in [3.63, 3.8) is 0 Å². The number of carbonyl (C=O) groups excluding carboxylic acids is 1. The summed E-state index contributed by atoms with van der Waals surface area (Å²) in [5, 5.41) is 7.55. The number of hydrogen-bond donors (Lipinski definition) is 1. The first-order chi connectivity index (χ1) is 12.3. The molecule has 1 fully saturated rings. The number of para-hydroxylation sites is 1. The summed E-state index contributed by atoms with van der Waals surface area (Å²) in [5.41, 5.74) is 2.01. The average molecular weight is 342 g/mol. The lowest BCUT2D eigenvalue weighted by atomic mass is 10.1. The minimum atomic E-state index is 0.0115. The molecule has 2 heterocycles. The highest BCUT2D eigenvalue weighted by Crippen LogP contribution is 2.13. The fourth-order valence-electron chi connectivity index (χ4n) is 3.09. The molecule has 3 rings (SSSR count). The number of likely N-dealkylation sites (tertiary alicyclic amines) is 1. The van der Waals surface area contributed by atoms with Crippen molar-refractivity contribution < 1.29 is 9.53 Å². The fourth-order valence-corrected chi connectivity index (χ4v) is 3.09. The maximum Gasteiger partial charge on any atom is 0.317 e. The molecule has 0 aliphatic carbocycles. The molecule has 0 atom stereocenters. The first-order valence-corrected chi connectivity index (χ1v) is 9.00. The summed E-state index contributed by atoms with van der Waals surface area (Å²) >= 11 is 0. The molecule has 6 nitrogen and oxygen atoms in total. The van der Waals surface area contributed by atoms with Crippen LogP contribution in [-0.2, 0) is 11.2 Å². The Morgan fingerprint density at radius 3 is 2.72 bits per heavy atom. The van der Waals surface area contributed by atoms with Crippen LogP contribution in [0.3, 0.4) is 0 Å². The quantitative estimate of drug-likeness (QED) is 0.878. The summed E-state index contributed by atoms with van der Waals surface area (Å²) in [7, 11) is 0. The van der Waals surface area contributed by atoms with Gasteiger partial charge in [0.1, 0.15) is 0 Å². The van der Waals surface area contributed by atoms with Crippen LogP contribution in [0, 0.1) is 0 Å². The SMILES string of the molecule is CCOC1CCN(C(=O)NCCc2ccn(-c3ccccc3)n2)CC1. The zero-order valence-electron chi connectivity index (χ0n) is 14.7. The van der Waals surface area contributed by atoms with E-state index >= 15 is 0 Å². The van der Waals surface area contributed by atoms with E-state index in [2.05, 4.69) is 10.4 Å². The number of nitrogens with zero attached hydrogens (tertiary/aromatic N) is 3. The van der Waals surface area contributed by atoms with E-state index in [1.54, 1.807) is 0 Å². The summed E-state index contributed by atoms with van der Waals surface area (Å²) < 4.78 is 7.48. The molecule has 0 saturated carbocycles. The van der Waals surface area contributed by atoms with E-state index in [1.165, 1.54) is 0 Å². The third-order valence-electron chi connectivity index (χ3n) is 4.45. The molecule has 1 N–H and O–H groups in total. The lowest BCUT2D eigenvalue weighted by Gasteiger charge is -2.31. The van der Waals surface area contributed by atoms with Gasteiger partial charge in [0.15, 0.2) is 0 Å². The second-order valence-corrected chi connectivity index (χ2v) is 6.21. The number of benzene rings is 1. The molecule has 1 aliphatic heterocycles. The normalized spacial score (nSPS) is 15.3. The number of nitrogens with one attached hydrogen (secondary N) is 1. The molecular weight excluding hydrogens is 316 g/mol. The van der Waals surface area contributed by atoms with Crippen molar-refractivity contribution in [1.29, 1.82) is 0 Å². The van der Waals surface area contributed by atoms with Gasteiger partial charge in [0.05, 0.1) is 17.5 Å². The van der Waals surface area contributed by atoms with E-state index in [0.29, 0.717) is 12.6 Å². The fraction of sp³-hybridized carbons (Fsp3) is 0.474. The maximum absolute atomic E-state index is 12.2. The van der Waals surface area contributed by atoms with Crippen molar-refractivity contribution in [2.24, 2.45) is 0 Å². The Labute approximate surface area is 148 Å². The van der Waals surface area contributed by atoms with Crippen LogP contribution >= 0.6 is 0 Å². The second-order valence-electron chi connectivity index (χ2n) is 6.21. The van der Waals surface area contributed by atoms with Gasteiger partial charge in [-0.1, -0.05) is 18.2 Å². The number of urea groups is 1. The number of piperidine rings is 1. The van der Waals surface area contributed by atoms with E-state index in [1.807, 2.05) is 59.1 Å². The zero-order valence-corrected chi connectivity index (χ0v) is 14.7. The van der Waals surface area contributed by atoms with Crippen LogP contribution in [0.2, 0.25) is 0 Å². The van der Waals surface area contributed by atoms with Crippen molar-refractivity contribution in [3.05, 3.63) is 48.3 Å². The van der Waals surface area contributed by atoms with Gasteiger partial charge in [-0.15, -0.1) is 0 Å². The van der Waals surface area contributed by atoms with Crippen LogP contribution in [0.15, 0.2) is 42.6 Å². The zero-order chi connectivity index (χ0) is 17.5. The summed E-state index contributed by atoms with van der Waals surface area (Å²) in [6, 6.07) is 12.0. The standard InChI is InChI=1S/C19H26N4O2/c1-2-25-18-10-13-22(14-11-18)19(24)20-12-8-16-9-15-23(21-16)17-6-4-3-5-7-17/h3-7,9,15,18H,2,8,10-14H2,1H3,(H,20,24). The molecule has 0 spiro atoms. The molecule has 1 aromatic carbocycles. The number of carbonyl (C=O) groups is 1. The third-order valence-corrected chi connectivity index (χ3v) is 4.45. The Morgan fingerprint density at radius 1 is 1.24 bits per heavy atom. The van der Waals surface area contributed by atoms with Crippen LogP contribution in [0.4, 0.5) is 4.79 Å². The highest BCUT2D eigenvalue weighted by Gasteiger charge is 2.22. The van der Waals surface area contributed by atoms with Gasteiger partial charge in [-0.2, -0.15) is 5.10 Å². The monoisotopic (exact) mass is 342 g/mol. The number of hydrogen-bond acceptors (Lipinski definition) is 3. The van der Waals surface area contributed by atoms with E-state index in [-0.39, 0.29) is 6.03 Å². The maximum atomic E-state index is 12.2. The lowest BCUT2D eigenvalue weighted by Crippen LogP contribution is -2.46. The largest absolute Gasteiger partial charge is 0.378 e. The Balaban J connectivity index is 1.41. The Kier molecular flexibility index (Phi) is 6.06. The number of ether oxygens (including phenoxy) is 1.